The van der Waals surface area contributed by atoms with Gasteiger partial charge in [-0.2, -0.15) is 0 Å². The maximum Gasteiger partial charge on any atom is 0.0574 e. The number of aliphatic hydroxyl groups is 1. The van der Waals surface area contributed by atoms with Crippen molar-refractivity contribution in [2.24, 2.45) is 0 Å². The summed E-state index contributed by atoms with van der Waals surface area (Å²) in [6.07, 6.45) is 0. The van der Waals surface area contributed by atoms with Gasteiger partial charge in [0.1, 0.15) is 0 Å². The summed E-state index contributed by atoms with van der Waals surface area (Å²) in [5.74, 6) is 0. The molecule has 0 atom stereocenters. The van der Waals surface area contributed by atoms with Gasteiger partial charge >= 0.3 is 0 Å². The molecule has 74 valence electrons. The Morgan fingerprint density at radius 3 is 2.54 bits per heavy atom. The van der Waals surface area contributed by atoms with Gasteiger partial charge in [0.25, 0.3) is 0 Å². The Balaban J connectivity index is 0.000000671. The number of nitrogens with two attached hydrogens (primary N) is 1. The molecule has 1 aromatic rings. The molecule has 4 N–H and O–H groups in total. The molecule has 0 spiro atoms. The van der Waals surface area contributed by atoms with Crippen LogP contribution in [0.5, 0.6) is 0 Å². The van der Waals surface area contributed by atoms with Gasteiger partial charge in [0.05, 0.1) is 11.4 Å². The largest absolute Gasteiger partial charge is 0.400 e. The molecular formula is C9H15BrN2O. The van der Waals surface area contributed by atoms with Crippen LogP contribution in [0.3, 0.4) is 0 Å². The summed E-state index contributed by atoms with van der Waals surface area (Å²) in [5, 5.41) is 10.2. The van der Waals surface area contributed by atoms with Gasteiger partial charge in [-0.1, -0.05) is 15.9 Å². The van der Waals surface area contributed by atoms with Gasteiger partial charge in [0, 0.05) is 18.1 Å². The van der Waals surface area contributed by atoms with Crippen molar-refractivity contribution < 1.29 is 5.11 Å². The quantitative estimate of drug-likeness (QED) is 0.701. The van der Waals surface area contributed by atoms with E-state index < -0.39 is 0 Å². The molecule has 0 aliphatic rings. The number of nitrogen functional groups attached to an aromatic ring is 1. The van der Waals surface area contributed by atoms with Crippen molar-refractivity contribution >= 4 is 27.3 Å². The molecule has 0 unspecified atom stereocenters. The first kappa shape index (κ1) is 12.3. The average Bonchev–Trinajstić information content (AvgIpc) is 2.14. The van der Waals surface area contributed by atoms with Gasteiger partial charge in [-0.05, 0) is 25.1 Å². The lowest BCUT2D eigenvalue weighted by Gasteiger charge is -2.06. The molecule has 0 aliphatic heterocycles. The Labute approximate surface area is 87.1 Å². The molecule has 0 heterocycles. The molecule has 0 saturated carbocycles. The number of halogens is 1. The number of hydrogen-bond donors (Lipinski definition) is 3. The molecule has 1 rings (SSSR count). The van der Waals surface area contributed by atoms with Gasteiger partial charge in [-0.15, -0.1) is 0 Å². The van der Waals surface area contributed by atoms with Gasteiger partial charge in [0.2, 0.25) is 0 Å². The summed E-state index contributed by atoms with van der Waals surface area (Å²) in [6, 6.07) is 5.81. The second-order valence-corrected chi connectivity index (χ2v) is 3.18. The van der Waals surface area contributed by atoms with Gasteiger partial charge in [-0.3, -0.25) is 0 Å². The number of benzene rings is 1. The lowest BCUT2D eigenvalue weighted by atomic mass is 10.3. The minimum Gasteiger partial charge on any atom is -0.400 e. The van der Waals surface area contributed by atoms with Crippen molar-refractivity contribution in [3.05, 3.63) is 22.7 Å². The summed E-state index contributed by atoms with van der Waals surface area (Å²) in [5.41, 5.74) is 7.49. The Kier molecular flexibility index (Phi) is 6.36. The van der Waals surface area contributed by atoms with Crippen molar-refractivity contribution in [1.29, 1.82) is 0 Å². The van der Waals surface area contributed by atoms with E-state index in [1.165, 1.54) is 0 Å². The lowest BCUT2D eigenvalue weighted by Crippen LogP contribution is -2.00. The molecule has 0 radical (unpaired) electrons. The Morgan fingerprint density at radius 2 is 2.08 bits per heavy atom. The maximum atomic E-state index is 7.00. The zero-order valence-electron chi connectivity index (χ0n) is 7.84. The van der Waals surface area contributed by atoms with Crippen molar-refractivity contribution in [1.82, 2.24) is 0 Å². The van der Waals surface area contributed by atoms with Crippen molar-refractivity contribution in [2.75, 3.05) is 24.7 Å². The zero-order chi connectivity index (χ0) is 10.3. The van der Waals surface area contributed by atoms with E-state index >= 15 is 0 Å². The van der Waals surface area contributed by atoms with Crippen LogP contribution in [0.1, 0.15) is 6.92 Å². The van der Waals surface area contributed by atoms with E-state index in [9.17, 15) is 0 Å². The van der Waals surface area contributed by atoms with E-state index in [4.69, 9.17) is 10.8 Å². The first-order valence-electron chi connectivity index (χ1n) is 3.97. The fraction of sp³-hybridized carbons (Fsp3) is 0.333. The van der Waals surface area contributed by atoms with Crippen LogP contribution in [0.2, 0.25) is 0 Å². The lowest BCUT2D eigenvalue weighted by molar-refractivity contribution is 0.399. The standard InChI is InChI=1S/C8H11BrN2.CH4O/c1-2-11-8-4-3-6(9)5-7(8)10;1-2/h3-5,11H,2,10H2,1H3;2H,1H3. The predicted molar refractivity (Wildman–Crippen MR) is 60.9 cm³/mol. The summed E-state index contributed by atoms with van der Waals surface area (Å²) in [6.45, 7) is 2.94. The van der Waals surface area contributed by atoms with E-state index in [-0.39, 0.29) is 0 Å². The molecule has 13 heavy (non-hydrogen) atoms. The number of hydrogen-bond acceptors (Lipinski definition) is 3. The molecule has 1 aromatic carbocycles. The zero-order valence-corrected chi connectivity index (χ0v) is 9.43. The van der Waals surface area contributed by atoms with Crippen LogP contribution >= 0.6 is 15.9 Å². The van der Waals surface area contributed by atoms with Crippen molar-refractivity contribution in [3.63, 3.8) is 0 Å². The molecule has 0 amide bonds. The molecule has 0 aromatic heterocycles. The predicted octanol–water partition coefficient (Wildman–Crippen LogP) is 2.07. The Morgan fingerprint density at radius 1 is 1.46 bits per heavy atom. The van der Waals surface area contributed by atoms with Crippen LogP contribution < -0.4 is 11.1 Å². The average molecular weight is 247 g/mol. The highest BCUT2D eigenvalue weighted by molar-refractivity contribution is 9.10. The Bertz CT molecular complexity index is 253. The first-order valence-corrected chi connectivity index (χ1v) is 4.77. The highest BCUT2D eigenvalue weighted by Crippen LogP contribution is 2.22. The number of aliphatic hydroxyl groups excluding tert-OH is 1. The minimum atomic E-state index is 0.779. The highest BCUT2D eigenvalue weighted by Gasteiger charge is 1.96. The van der Waals surface area contributed by atoms with Crippen LogP contribution in [0.15, 0.2) is 22.7 Å². The van der Waals surface area contributed by atoms with E-state index in [0.29, 0.717) is 0 Å². The molecule has 0 aliphatic carbocycles. The van der Waals surface area contributed by atoms with Gasteiger partial charge in [-0.25, -0.2) is 0 Å². The van der Waals surface area contributed by atoms with Crippen LogP contribution in [0.4, 0.5) is 11.4 Å². The van der Waals surface area contributed by atoms with Crippen LogP contribution in [0.25, 0.3) is 0 Å². The molecular weight excluding hydrogens is 232 g/mol. The van der Waals surface area contributed by atoms with E-state index in [0.717, 1.165) is 29.5 Å². The normalized spacial score (nSPS) is 8.62. The smallest absolute Gasteiger partial charge is 0.0574 e. The number of nitrogens with one attached hydrogen (secondary N) is 1. The SMILES string of the molecule is CCNc1ccc(Br)cc1N.CO. The molecule has 3 nitrogen and oxygen atoms in total. The second-order valence-electron chi connectivity index (χ2n) is 2.26. The fourth-order valence-corrected chi connectivity index (χ4v) is 1.26. The monoisotopic (exact) mass is 246 g/mol. The Hall–Kier alpha value is -0.740. The minimum absolute atomic E-state index is 0.779. The topological polar surface area (TPSA) is 58.3 Å². The fourth-order valence-electron chi connectivity index (χ4n) is 0.885. The van der Waals surface area contributed by atoms with Crippen LogP contribution in [-0.4, -0.2) is 18.8 Å². The van der Waals surface area contributed by atoms with E-state index in [1.807, 2.05) is 25.1 Å². The maximum absolute atomic E-state index is 7.00. The molecule has 0 saturated heterocycles. The number of anilines is 2. The summed E-state index contributed by atoms with van der Waals surface area (Å²) >= 11 is 3.34. The number of rotatable bonds is 2. The van der Waals surface area contributed by atoms with Gasteiger partial charge in [0.15, 0.2) is 0 Å². The van der Waals surface area contributed by atoms with E-state index in [1.54, 1.807) is 0 Å². The van der Waals surface area contributed by atoms with Crippen molar-refractivity contribution in [2.45, 2.75) is 6.92 Å². The van der Waals surface area contributed by atoms with Crippen LogP contribution in [0, 0.1) is 0 Å². The molecule has 4 heteroatoms. The third kappa shape index (κ3) is 4.15. The summed E-state index contributed by atoms with van der Waals surface area (Å²) in [7, 11) is 1.00. The molecule has 0 fully saturated rings. The first-order chi connectivity index (χ1) is 6.24. The summed E-state index contributed by atoms with van der Waals surface area (Å²) < 4.78 is 1.01. The molecule has 0 bridgehead atoms. The van der Waals surface area contributed by atoms with E-state index in [2.05, 4.69) is 21.2 Å². The van der Waals surface area contributed by atoms with Gasteiger partial charge < -0.3 is 16.2 Å². The highest BCUT2D eigenvalue weighted by atomic mass is 79.9. The third-order valence-electron chi connectivity index (χ3n) is 1.38. The van der Waals surface area contributed by atoms with Crippen molar-refractivity contribution in [3.8, 4) is 0 Å². The third-order valence-corrected chi connectivity index (χ3v) is 1.87. The second kappa shape index (κ2) is 6.74. The van der Waals surface area contributed by atoms with Crippen LogP contribution in [-0.2, 0) is 0 Å². The summed E-state index contributed by atoms with van der Waals surface area (Å²) in [4.78, 5) is 0.